The molecule has 0 saturated heterocycles. The molecule has 0 spiro atoms. The number of pyridine rings is 1. The highest BCUT2D eigenvalue weighted by molar-refractivity contribution is 5.91. The van der Waals surface area contributed by atoms with E-state index in [-0.39, 0.29) is 11.6 Å². The van der Waals surface area contributed by atoms with Gasteiger partial charge in [-0.3, -0.25) is 4.79 Å². The Kier molecular flexibility index (Phi) is 5.44. The van der Waals surface area contributed by atoms with Crippen LogP contribution >= 0.6 is 0 Å². The number of hydrogen-bond donors (Lipinski definition) is 1. The van der Waals surface area contributed by atoms with Gasteiger partial charge in [-0.2, -0.15) is 4.39 Å². The van der Waals surface area contributed by atoms with E-state index in [1.165, 1.54) is 19.2 Å². The fourth-order valence-corrected chi connectivity index (χ4v) is 0.758. The van der Waals surface area contributed by atoms with Gasteiger partial charge in [0, 0.05) is 12.6 Å². The van der Waals surface area contributed by atoms with Crippen LogP contribution in [-0.2, 0) is 0 Å². The Labute approximate surface area is 83.4 Å². The average molecular weight is 198 g/mol. The molecule has 0 unspecified atom stereocenters. The number of aromatic nitrogens is 1. The maximum atomic E-state index is 12.8. The first-order valence-corrected chi connectivity index (χ1v) is 4.50. The van der Waals surface area contributed by atoms with Crippen LogP contribution in [0.4, 0.5) is 4.39 Å². The minimum atomic E-state index is -0.601. The SMILES string of the molecule is CC.CNC(=O)c1ccc(C)c(F)n1. The number of amides is 1. The maximum absolute atomic E-state index is 12.8. The van der Waals surface area contributed by atoms with Gasteiger partial charge in [-0.25, -0.2) is 4.98 Å². The van der Waals surface area contributed by atoms with E-state index < -0.39 is 5.95 Å². The first-order valence-electron chi connectivity index (χ1n) is 4.50. The maximum Gasteiger partial charge on any atom is 0.269 e. The number of carbonyl (C=O) groups excluding carboxylic acids is 1. The standard InChI is InChI=1S/C8H9FN2O.C2H6/c1-5-3-4-6(8(12)10-2)11-7(5)9;1-2/h3-4H,1-2H3,(H,10,12);1-2H3. The Balaban J connectivity index is 0.000000791. The number of aryl methyl sites for hydroxylation is 1. The lowest BCUT2D eigenvalue weighted by molar-refractivity contribution is 0.0957. The van der Waals surface area contributed by atoms with Crippen LogP contribution in [-0.4, -0.2) is 17.9 Å². The van der Waals surface area contributed by atoms with Gasteiger partial charge in [-0.1, -0.05) is 19.9 Å². The first kappa shape index (κ1) is 12.6. The van der Waals surface area contributed by atoms with E-state index in [0.29, 0.717) is 5.56 Å². The Hall–Kier alpha value is -1.45. The molecule has 1 N–H and O–H groups in total. The molecule has 1 aromatic rings. The van der Waals surface area contributed by atoms with Crippen LogP contribution < -0.4 is 5.32 Å². The summed E-state index contributed by atoms with van der Waals surface area (Å²) in [5, 5.41) is 2.36. The number of nitrogens with one attached hydrogen (secondary N) is 1. The second-order valence-electron chi connectivity index (χ2n) is 2.38. The highest BCUT2D eigenvalue weighted by Crippen LogP contribution is 2.03. The molecule has 0 aromatic carbocycles. The van der Waals surface area contributed by atoms with Crippen molar-refractivity contribution in [2.75, 3.05) is 7.05 Å². The van der Waals surface area contributed by atoms with E-state index in [1.807, 2.05) is 13.8 Å². The molecule has 0 aliphatic carbocycles. The molecule has 0 radical (unpaired) electrons. The topological polar surface area (TPSA) is 42.0 Å². The highest BCUT2D eigenvalue weighted by atomic mass is 19.1. The van der Waals surface area contributed by atoms with Gasteiger partial charge in [0.05, 0.1) is 0 Å². The number of carbonyl (C=O) groups is 1. The minimum Gasteiger partial charge on any atom is -0.354 e. The van der Waals surface area contributed by atoms with Gasteiger partial charge in [0.1, 0.15) is 5.69 Å². The van der Waals surface area contributed by atoms with Crippen LogP contribution in [0, 0.1) is 12.9 Å². The van der Waals surface area contributed by atoms with E-state index in [9.17, 15) is 9.18 Å². The van der Waals surface area contributed by atoms with Crippen molar-refractivity contribution >= 4 is 5.91 Å². The monoisotopic (exact) mass is 198 g/mol. The summed E-state index contributed by atoms with van der Waals surface area (Å²) in [6.45, 7) is 5.59. The first-order chi connectivity index (χ1) is 6.65. The number of halogens is 1. The van der Waals surface area contributed by atoms with Crippen LogP contribution in [0.25, 0.3) is 0 Å². The highest BCUT2D eigenvalue weighted by Gasteiger charge is 2.06. The van der Waals surface area contributed by atoms with Crippen molar-refractivity contribution in [1.29, 1.82) is 0 Å². The van der Waals surface area contributed by atoms with Crippen molar-refractivity contribution in [2.24, 2.45) is 0 Å². The quantitative estimate of drug-likeness (QED) is 0.700. The number of nitrogens with zero attached hydrogens (tertiary/aromatic N) is 1. The third kappa shape index (κ3) is 3.12. The molecule has 0 atom stereocenters. The molecule has 1 aromatic heterocycles. The zero-order valence-electron chi connectivity index (χ0n) is 8.89. The Morgan fingerprint density at radius 1 is 1.43 bits per heavy atom. The van der Waals surface area contributed by atoms with E-state index in [0.717, 1.165) is 0 Å². The van der Waals surface area contributed by atoms with Crippen molar-refractivity contribution in [1.82, 2.24) is 10.3 Å². The third-order valence-corrected chi connectivity index (χ3v) is 1.49. The van der Waals surface area contributed by atoms with E-state index in [4.69, 9.17) is 0 Å². The number of hydrogen-bond acceptors (Lipinski definition) is 2. The largest absolute Gasteiger partial charge is 0.354 e. The molecule has 0 bridgehead atoms. The van der Waals surface area contributed by atoms with Gasteiger partial charge in [0.15, 0.2) is 0 Å². The summed E-state index contributed by atoms with van der Waals surface area (Å²) < 4.78 is 12.8. The van der Waals surface area contributed by atoms with Crippen LogP contribution in [0.15, 0.2) is 12.1 Å². The molecule has 3 nitrogen and oxygen atoms in total. The zero-order valence-corrected chi connectivity index (χ0v) is 8.89. The van der Waals surface area contributed by atoms with Gasteiger partial charge in [0.2, 0.25) is 5.95 Å². The minimum absolute atomic E-state index is 0.0978. The molecule has 78 valence electrons. The summed E-state index contributed by atoms with van der Waals surface area (Å²) in [6.07, 6.45) is 0. The predicted molar refractivity (Wildman–Crippen MR) is 53.7 cm³/mol. The summed E-state index contributed by atoms with van der Waals surface area (Å²) >= 11 is 0. The van der Waals surface area contributed by atoms with Crippen LogP contribution in [0.1, 0.15) is 29.9 Å². The van der Waals surface area contributed by atoms with Crippen LogP contribution in [0.3, 0.4) is 0 Å². The molecule has 0 aliphatic heterocycles. The molecule has 4 heteroatoms. The van der Waals surface area contributed by atoms with Gasteiger partial charge >= 0.3 is 0 Å². The molecular formula is C10H15FN2O. The van der Waals surface area contributed by atoms with Crippen LogP contribution in [0.2, 0.25) is 0 Å². The average Bonchev–Trinajstić information content (AvgIpc) is 2.24. The Morgan fingerprint density at radius 3 is 2.43 bits per heavy atom. The Morgan fingerprint density at radius 2 is 2.00 bits per heavy atom. The molecule has 0 fully saturated rings. The summed E-state index contributed by atoms with van der Waals surface area (Å²) in [5.74, 6) is -0.981. The lowest BCUT2D eigenvalue weighted by Gasteiger charge is -1.99. The van der Waals surface area contributed by atoms with Crippen molar-refractivity contribution < 1.29 is 9.18 Å². The summed E-state index contributed by atoms with van der Waals surface area (Å²) in [6, 6.07) is 3.00. The third-order valence-electron chi connectivity index (χ3n) is 1.49. The Bertz CT molecular complexity index is 313. The number of rotatable bonds is 1. The summed E-state index contributed by atoms with van der Waals surface area (Å²) in [5.41, 5.74) is 0.531. The lowest BCUT2D eigenvalue weighted by atomic mass is 10.2. The van der Waals surface area contributed by atoms with Crippen molar-refractivity contribution in [3.63, 3.8) is 0 Å². The van der Waals surface area contributed by atoms with Gasteiger partial charge in [-0.15, -0.1) is 0 Å². The molecule has 14 heavy (non-hydrogen) atoms. The second kappa shape index (κ2) is 6.07. The lowest BCUT2D eigenvalue weighted by Crippen LogP contribution is -2.19. The molecular weight excluding hydrogens is 183 g/mol. The van der Waals surface area contributed by atoms with Crippen molar-refractivity contribution in [3.8, 4) is 0 Å². The zero-order chi connectivity index (χ0) is 11.1. The van der Waals surface area contributed by atoms with Crippen LogP contribution in [0.5, 0.6) is 0 Å². The van der Waals surface area contributed by atoms with Crippen molar-refractivity contribution in [2.45, 2.75) is 20.8 Å². The second-order valence-corrected chi connectivity index (χ2v) is 2.38. The van der Waals surface area contributed by atoms with E-state index in [2.05, 4.69) is 10.3 Å². The molecule has 0 saturated carbocycles. The molecule has 0 aliphatic rings. The van der Waals surface area contributed by atoms with E-state index in [1.54, 1.807) is 6.92 Å². The summed E-state index contributed by atoms with van der Waals surface area (Å²) in [7, 11) is 1.47. The van der Waals surface area contributed by atoms with E-state index >= 15 is 0 Å². The van der Waals surface area contributed by atoms with Gasteiger partial charge in [0.25, 0.3) is 5.91 Å². The molecule has 1 rings (SSSR count). The fourth-order valence-electron chi connectivity index (χ4n) is 0.758. The normalized spacial score (nSPS) is 8.64. The van der Waals surface area contributed by atoms with Crippen molar-refractivity contribution in [3.05, 3.63) is 29.3 Å². The molecule has 1 amide bonds. The smallest absolute Gasteiger partial charge is 0.269 e. The fraction of sp³-hybridized carbons (Fsp3) is 0.400. The molecule has 1 heterocycles. The van der Waals surface area contributed by atoms with Gasteiger partial charge in [-0.05, 0) is 13.0 Å². The van der Waals surface area contributed by atoms with Gasteiger partial charge < -0.3 is 5.32 Å². The predicted octanol–water partition coefficient (Wildman–Crippen LogP) is 1.91. The summed E-state index contributed by atoms with van der Waals surface area (Å²) in [4.78, 5) is 14.4.